The molecular formula is C27H22ClNO5S. The Labute approximate surface area is 209 Å². The van der Waals surface area contributed by atoms with Gasteiger partial charge in [-0.2, -0.15) is 8.42 Å². The zero-order valence-electron chi connectivity index (χ0n) is 18.8. The van der Waals surface area contributed by atoms with Gasteiger partial charge in [0.1, 0.15) is 16.4 Å². The van der Waals surface area contributed by atoms with Crippen LogP contribution in [0.5, 0.6) is 23.0 Å². The number of hydrogen-bond donors (Lipinski definition) is 0. The number of nitrogens with zero attached hydrogens (tertiary/aromatic N) is 1. The molecule has 0 unspecified atom stereocenters. The third-order valence-corrected chi connectivity index (χ3v) is 6.25. The van der Waals surface area contributed by atoms with Crippen LogP contribution >= 0.6 is 11.6 Å². The van der Waals surface area contributed by atoms with Gasteiger partial charge in [0.05, 0.1) is 17.3 Å². The molecule has 0 fully saturated rings. The van der Waals surface area contributed by atoms with Crippen molar-refractivity contribution in [2.24, 2.45) is 4.99 Å². The second-order valence-corrected chi connectivity index (χ2v) is 9.23. The van der Waals surface area contributed by atoms with Gasteiger partial charge in [-0.15, -0.1) is 0 Å². The Morgan fingerprint density at radius 1 is 0.857 bits per heavy atom. The maximum atomic E-state index is 12.7. The summed E-state index contributed by atoms with van der Waals surface area (Å²) in [5.74, 6) is 1.57. The van der Waals surface area contributed by atoms with Gasteiger partial charge in [0.2, 0.25) is 5.75 Å². The van der Waals surface area contributed by atoms with Crippen molar-refractivity contribution in [3.05, 3.63) is 108 Å². The first-order valence-electron chi connectivity index (χ1n) is 10.8. The molecule has 0 aliphatic rings. The summed E-state index contributed by atoms with van der Waals surface area (Å²) in [5.41, 5.74) is 1.32. The van der Waals surface area contributed by atoms with E-state index in [-0.39, 0.29) is 21.4 Å². The SMILES string of the molecule is CCOc1cc(C=Nc2ccc(Oc3ccccc3)cc2)cc(Cl)c1OS(=O)(=O)c1ccccc1. The molecule has 0 aliphatic heterocycles. The molecule has 0 heterocycles. The highest BCUT2D eigenvalue weighted by Crippen LogP contribution is 2.38. The quantitative estimate of drug-likeness (QED) is 0.179. The molecule has 4 aromatic carbocycles. The van der Waals surface area contributed by atoms with E-state index in [1.807, 2.05) is 54.6 Å². The van der Waals surface area contributed by atoms with Gasteiger partial charge in [0.15, 0.2) is 5.75 Å². The van der Waals surface area contributed by atoms with E-state index in [0.29, 0.717) is 23.6 Å². The van der Waals surface area contributed by atoms with Crippen LogP contribution in [0.4, 0.5) is 5.69 Å². The smallest absolute Gasteiger partial charge is 0.339 e. The van der Waals surface area contributed by atoms with Crippen LogP contribution in [-0.2, 0) is 10.1 Å². The zero-order valence-corrected chi connectivity index (χ0v) is 20.4. The largest absolute Gasteiger partial charge is 0.490 e. The highest BCUT2D eigenvalue weighted by atomic mass is 35.5. The van der Waals surface area contributed by atoms with Crippen molar-refractivity contribution in [3.63, 3.8) is 0 Å². The van der Waals surface area contributed by atoms with E-state index in [0.717, 1.165) is 5.75 Å². The van der Waals surface area contributed by atoms with E-state index in [9.17, 15) is 8.42 Å². The van der Waals surface area contributed by atoms with E-state index in [1.54, 1.807) is 43.5 Å². The molecule has 0 spiro atoms. The molecule has 178 valence electrons. The molecular weight excluding hydrogens is 486 g/mol. The molecule has 0 radical (unpaired) electrons. The van der Waals surface area contributed by atoms with Gasteiger partial charge in [0, 0.05) is 6.21 Å². The minimum Gasteiger partial charge on any atom is -0.490 e. The Bertz CT molecular complexity index is 1410. The van der Waals surface area contributed by atoms with Crippen LogP contribution in [0.1, 0.15) is 12.5 Å². The van der Waals surface area contributed by atoms with Gasteiger partial charge in [0.25, 0.3) is 0 Å². The lowest BCUT2D eigenvalue weighted by atomic mass is 10.2. The predicted molar refractivity (Wildman–Crippen MR) is 137 cm³/mol. The average Bonchev–Trinajstić information content (AvgIpc) is 2.87. The number of rotatable bonds is 9. The van der Waals surface area contributed by atoms with Crippen LogP contribution in [0.15, 0.2) is 107 Å². The Kier molecular flexibility index (Phi) is 7.70. The molecule has 0 aromatic heterocycles. The number of ether oxygens (including phenoxy) is 2. The highest BCUT2D eigenvalue weighted by molar-refractivity contribution is 7.87. The minimum absolute atomic E-state index is 0.0174. The summed E-state index contributed by atoms with van der Waals surface area (Å²) < 4.78 is 42.1. The Morgan fingerprint density at radius 3 is 2.14 bits per heavy atom. The molecule has 8 heteroatoms. The van der Waals surface area contributed by atoms with Crippen LogP contribution in [0, 0.1) is 0 Å². The maximum Gasteiger partial charge on any atom is 0.339 e. The van der Waals surface area contributed by atoms with Crippen molar-refractivity contribution >= 4 is 33.6 Å². The van der Waals surface area contributed by atoms with Crippen molar-refractivity contribution in [3.8, 4) is 23.0 Å². The summed E-state index contributed by atoms with van der Waals surface area (Å²) in [6.07, 6.45) is 1.61. The second-order valence-electron chi connectivity index (χ2n) is 7.28. The molecule has 0 N–H and O–H groups in total. The van der Waals surface area contributed by atoms with Crippen LogP contribution in [-0.4, -0.2) is 21.2 Å². The first-order chi connectivity index (χ1) is 16.9. The number of para-hydroxylation sites is 1. The van der Waals surface area contributed by atoms with Crippen LogP contribution in [0.25, 0.3) is 0 Å². The summed E-state index contributed by atoms with van der Waals surface area (Å²) in [7, 11) is -4.08. The van der Waals surface area contributed by atoms with Crippen LogP contribution in [0.2, 0.25) is 5.02 Å². The monoisotopic (exact) mass is 507 g/mol. The third-order valence-electron chi connectivity index (χ3n) is 4.73. The minimum atomic E-state index is -4.08. The van der Waals surface area contributed by atoms with Crippen molar-refractivity contribution in [2.75, 3.05) is 6.61 Å². The maximum absolute atomic E-state index is 12.7. The second kappa shape index (κ2) is 11.1. The summed E-state index contributed by atoms with van der Waals surface area (Å²) in [6, 6.07) is 27.8. The lowest BCUT2D eigenvalue weighted by Gasteiger charge is -2.14. The molecule has 0 amide bonds. The Hall–Kier alpha value is -3.81. The standard InChI is InChI=1S/C27H22ClNO5S/c1-2-32-26-18-20(17-25(28)27(26)34-35(30,31)24-11-7-4-8-12-24)19-29-21-13-15-23(16-14-21)33-22-9-5-3-6-10-22/h3-19H,2H2,1H3. The fourth-order valence-electron chi connectivity index (χ4n) is 3.13. The predicted octanol–water partition coefficient (Wildman–Crippen LogP) is 7.05. The molecule has 4 rings (SSSR count). The molecule has 0 atom stereocenters. The van der Waals surface area contributed by atoms with Gasteiger partial charge in [-0.05, 0) is 73.2 Å². The fourth-order valence-corrected chi connectivity index (χ4v) is 4.41. The van der Waals surface area contributed by atoms with E-state index in [2.05, 4.69) is 4.99 Å². The lowest BCUT2D eigenvalue weighted by molar-refractivity contribution is 0.327. The summed E-state index contributed by atoms with van der Waals surface area (Å²) >= 11 is 6.40. The van der Waals surface area contributed by atoms with Gasteiger partial charge in [-0.3, -0.25) is 4.99 Å². The number of benzene rings is 4. The number of aliphatic imine (C=N–C) groups is 1. The molecule has 0 aliphatic carbocycles. The zero-order chi connectivity index (χ0) is 24.7. The molecule has 0 saturated heterocycles. The van der Waals surface area contributed by atoms with Gasteiger partial charge in [-0.25, -0.2) is 0 Å². The Morgan fingerprint density at radius 2 is 1.49 bits per heavy atom. The van der Waals surface area contributed by atoms with E-state index in [4.69, 9.17) is 25.3 Å². The van der Waals surface area contributed by atoms with Gasteiger partial charge in [-0.1, -0.05) is 48.0 Å². The fraction of sp³-hybridized carbons (Fsp3) is 0.0741. The highest BCUT2D eigenvalue weighted by Gasteiger charge is 2.22. The molecule has 6 nitrogen and oxygen atoms in total. The van der Waals surface area contributed by atoms with E-state index in [1.165, 1.54) is 12.1 Å². The molecule has 0 bridgehead atoms. The van der Waals surface area contributed by atoms with Crippen molar-refractivity contribution in [1.29, 1.82) is 0 Å². The number of hydrogen-bond acceptors (Lipinski definition) is 6. The van der Waals surface area contributed by atoms with Crippen LogP contribution in [0.3, 0.4) is 0 Å². The van der Waals surface area contributed by atoms with Crippen molar-refractivity contribution < 1.29 is 22.1 Å². The van der Waals surface area contributed by atoms with Crippen LogP contribution < -0.4 is 13.7 Å². The van der Waals surface area contributed by atoms with E-state index >= 15 is 0 Å². The normalized spacial score (nSPS) is 11.4. The van der Waals surface area contributed by atoms with Gasteiger partial charge >= 0.3 is 10.1 Å². The first kappa shape index (κ1) is 24.3. The Balaban J connectivity index is 1.53. The molecule has 35 heavy (non-hydrogen) atoms. The summed E-state index contributed by atoms with van der Waals surface area (Å²) in [5, 5.41) is 0.0866. The van der Waals surface area contributed by atoms with E-state index < -0.39 is 10.1 Å². The average molecular weight is 508 g/mol. The van der Waals surface area contributed by atoms with Gasteiger partial charge < -0.3 is 13.7 Å². The van der Waals surface area contributed by atoms with Crippen molar-refractivity contribution in [2.45, 2.75) is 11.8 Å². The number of halogens is 1. The first-order valence-corrected chi connectivity index (χ1v) is 12.6. The topological polar surface area (TPSA) is 74.2 Å². The molecule has 0 saturated carbocycles. The summed E-state index contributed by atoms with van der Waals surface area (Å²) in [6.45, 7) is 2.07. The molecule has 4 aromatic rings. The summed E-state index contributed by atoms with van der Waals surface area (Å²) in [4.78, 5) is 4.48. The third kappa shape index (κ3) is 6.41. The van der Waals surface area contributed by atoms with Crippen molar-refractivity contribution in [1.82, 2.24) is 0 Å². The lowest BCUT2D eigenvalue weighted by Crippen LogP contribution is -2.11.